The quantitative estimate of drug-likeness (QED) is 0.761. The molecule has 0 N–H and O–H groups in total. The molecule has 1 aliphatic carbocycles. The molecule has 0 atom stereocenters. The molecule has 0 spiro atoms. The van der Waals surface area contributed by atoms with Crippen LogP contribution in [0.25, 0.3) is 10.9 Å². The number of fused-ring (bicyclic) bond motifs is 1. The minimum Gasteiger partial charge on any atom is -0.336 e. The van der Waals surface area contributed by atoms with Gasteiger partial charge in [0.1, 0.15) is 18.2 Å². The summed E-state index contributed by atoms with van der Waals surface area (Å²) in [5, 5.41) is 9.75. The Hall–Kier alpha value is -2.13. The smallest absolute Gasteiger partial charge is 0.242 e. The minimum absolute atomic E-state index is 0.0312. The molecule has 5 nitrogen and oxygen atoms in total. The fourth-order valence-electron chi connectivity index (χ4n) is 3.90. The third-order valence-corrected chi connectivity index (χ3v) is 5.52. The molecule has 0 saturated heterocycles. The van der Waals surface area contributed by atoms with Gasteiger partial charge in [0, 0.05) is 28.1 Å². The molecule has 3 rings (SSSR count). The van der Waals surface area contributed by atoms with Gasteiger partial charge in [-0.25, -0.2) is 0 Å². The first-order chi connectivity index (χ1) is 12.4. The van der Waals surface area contributed by atoms with E-state index in [0.29, 0.717) is 10.9 Å². The highest BCUT2D eigenvalue weighted by Gasteiger charge is 2.28. The molecule has 1 amide bonds. The van der Waals surface area contributed by atoms with Crippen molar-refractivity contribution in [3.63, 3.8) is 0 Å². The van der Waals surface area contributed by atoms with Crippen LogP contribution in [0.2, 0.25) is 0 Å². The average molecular weight is 416 g/mol. The first kappa shape index (κ1) is 18.7. The molecular formula is C20H22BrN3O2. The lowest BCUT2D eigenvalue weighted by atomic mass is 10.1. The molecule has 136 valence electrons. The lowest BCUT2D eigenvalue weighted by Crippen LogP contribution is -2.45. The molecule has 1 heterocycles. The molecule has 26 heavy (non-hydrogen) atoms. The molecular weight excluding hydrogens is 394 g/mol. The topological polar surface area (TPSA) is 66.1 Å². The largest absolute Gasteiger partial charge is 0.336 e. The molecule has 1 aromatic heterocycles. The van der Waals surface area contributed by atoms with Crippen LogP contribution in [0.5, 0.6) is 0 Å². The van der Waals surface area contributed by atoms with Crippen LogP contribution in [0.3, 0.4) is 0 Å². The molecule has 2 aromatic rings. The lowest BCUT2D eigenvalue weighted by molar-refractivity contribution is -0.136. The maximum atomic E-state index is 13.1. The second-order valence-corrected chi connectivity index (χ2v) is 8.02. The fourth-order valence-corrected chi connectivity index (χ4v) is 4.26. The van der Waals surface area contributed by atoms with Crippen LogP contribution in [-0.2, 0) is 11.3 Å². The van der Waals surface area contributed by atoms with Gasteiger partial charge in [-0.15, -0.1) is 0 Å². The highest BCUT2D eigenvalue weighted by molar-refractivity contribution is 9.10. The van der Waals surface area contributed by atoms with E-state index in [1.54, 1.807) is 10.6 Å². The van der Waals surface area contributed by atoms with E-state index < -0.39 is 0 Å². The molecule has 1 fully saturated rings. The summed E-state index contributed by atoms with van der Waals surface area (Å²) in [6, 6.07) is 7.72. The second-order valence-electron chi connectivity index (χ2n) is 7.11. The third kappa shape index (κ3) is 3.54. The van der Waals surface area contributed by atoms with Gasteiger partial charge >= 0.3 is 0 Å². The molecule has 0 unspecified atom stereocenters. The predicted molar refractivity (Wildman–Crippen MR) is 105 cm³/mol. The number of carbonyl (C=O) groups is 1. The second kappa shape index (κ2) is 7.63. The standard InChI is InChI=1S/C20H22BrN3O2/c1-13(2)24(16-5-3-4-6-16)19(25)12-23-11-14(10-22)20(26)17-9-15(21)7-8-18(17)23/h7-9,11,13,16H,3-6,12H2,1-2H3. The van der Waals surface area contributed by atoms with Gasteiger partial charge in [-0.2, -0.15) is 5.26 Å². The van der Waals surface area contributed by atoms with Gasteiger partial charge in [0.25, 0.3) is 0 Å². The van der Waals surface area contributed by atoms with Crippen LogP contribution in [0.4, 0.5) is 0 Å². The molecule has 0 radical (unpaired) electrons. The summed E-state index contributed by atoms with van der Waals surface area (Å²) < 4.78 is 2.50. The fraction of sp³-hybridized carbons (Fsp3) is 0.450. The van der Waals surface area contributed by atoms with E-state index in [-0.39, 0.29) is 35.5 Å². The van der Waals surface area contributed by atoms with Crippen molar-refractivity contribution in [1.82, 2.24) is 9.47 Å². The first-order valence-corrected chi connectivity index (χ1v) is 9.75. The zero-order valence-corrected chi connectivity index (χ0v) is 16.6. The van der Waals surface area contributed by atoms with Crippen molar-refractivity contribution >= 4 is 32.7 Å². The zero-order chi connectivity index (χ0) is 18.8. The number of hydrogen-bond acceptors (Lipinski definition) is 3. The average Bonchev–Trinajstić information content (AvgIpc) is 3.11. The highest BCUT2D eigenvalue weighted by Crippen LogP contribution is 2.26. The van der Waals surface area contributed by atoms with Crippen LogP contribution in [0, 0.1) is 11.3 Å². The van der Waals surface area contributed by atoms with Crippen LogP contribution in [-0.4, -0.2) is 27.5 Å². The number of halogens is 1. The van der Waals surface area contributed by atoms with Crippen molar-refractivity contribution in [3.05, 3.63) is 44.7 Å². The number of aromatic nitrogens is 1. The lowest BCUT2D eigenvalue weighted by Gasteiger charge is -2.33. The van der Waals surface area contributed by atoms with E-state index in [4.69, 9.17) is 0 Å². The Morgan fingerprint density at radius 3 is 2.69 bits per heavy atom. The Morgan fingerprint density at radius 1 is 1.38 bits per heavy atom. The van der Waals surface area contributed by atoms with Crippen LogP contribution in [0.15, 0.2) is 33.7 Å². The number of nitrogens with zero attached hydrogens (tertiary/aromatic N) is 3. The molecule has 0 bridgehead atoms. The summed E-state index contributed by atoms with van der Waals surface area (Å²) in [7, 11) is 0. The van der Waals surface area contributed by atoms with Gasteiger partial charge < -0.3 is 9.47 Å². The maximum Gasteiger partial charge on any atom is 0.242 e. The Morgan fingerprint density at radius 2 is 2.08 bits per heavy atom. The Bertz CT molecular complexity index is 936. The van der Waals surface area contributed by atoms with E-state index in [9.17, 15) is 14.9 Å². The number of benzene rings is 1. The van der Waals surface area contributed by atoms with Gasteiger partial charge in [0.2, 0.25) is 11.3 Å². The van der Waals surface area contributed by atoms with E-state index in [2.05, 4.69) is 15.9 Å². The van der Waals surface area contributed by atoms with Crippen LogP contribution < -0.4 is 5.43 Å². The van der Waals surface area contributed by atoms with Crippen molar-refractivity contribution in [2.75, 3.05) is 0 Å². The summed E-state index contributed by atoms with van der Waals surface area (Å²) in [5.41, 5.74) is 0.421. The number of nitriles is 1. The van der Waals surface area contributed by atoms with Crippen molar-refractivity contribution < 1.29 is 4.79 Å². The van der Waals surface area contributed by atoms with Gasteiger partial charge in [0.05, 0.1) is 5.52 Å². The summed E-state index contributed by atoms with van der Waals surface area (Å²) >= 11 is 3.37. The Labute approximate surface area is 161 Å². The van der Waals surface area contributed by atoms with E-state index in [1.165, 1.54) is 6.20 Å². The number of hydrogen-bond donors (Lipinski definition) is 0. The van der Waals surface area contributed by atoms with Gasteiger partial charge in [-0.1, -0.05) is 28.8 Å². The van der Waals surface area contributed by atoms with Crippen molar-refractivity contribution in [2.24, 2.45) is 0 Å². The summed E-state index contributed by atoms with van der Waals surface area (Å²) in [5.74, 6) is 0.0312. The summed E-state index contributed by atoms with van der Waals surface area (Å²) in [4.78, 5) is 27.5. The van der Waals surface area contributed by atoms with E-state index >= 15 is 0 Å². The van der Waals surface area contributed by atoms with Gasteiger partial charge in [-0.05, 0) is 44.9 Å². The Kier molecular flexibility index (Phi) is 5.47. The molecule has 0 aliphatic heterocycles. The molecule has 1 aliphatic rings. The van der Waals surface area contributed by atoms with E-state index in [1.807, 2.05) is 36.9 Å². The number of rotatable bonds is 4. The molecule has 6 heteroatoms. The highest BCUT2D eigenvalue weighted by atomic mass is 79.9. The summed E-state index contributed by atoms with van der Waals surface area (Å²) in [6.45, 7) is 4.21. The molecule has 1 saturated carbocycles. The molecule has 1 aromatic carbocycles. The van der Waals surface area contributed by atoms with Crippen molar-refractivity contribution in [1.29, 1.82) is 5.26 Å². The first-order valence-electron chi connectivity index (χ1n) is 8.96. The van der Waals surface area contributed by atoms with Crippen LogP contribution in [0.1, 0.15) is 45.1 Å². The number of amides is 1. The van der Waals surface area contributed by atoms with Gasteiger partial charge in [-0.3, -0.25) is 9.59 Å². The van der Waals surface area contributed by atoms with E-state index in [0.717, 1.165) is 30.2 Å². The SMILES string of the molecule is CC(C)N(C(=O)Cn1cc(C#N)c(=O)c2cc(Br)ccc21)C1CCCC1. The van der Waals surface area contributed by atoms with Crippen molar-refractivity contribution in [2.45, 2.75) is 58.2 Å². The Balaban J connectivity index is 2.02. The monoisotopic (exact) mass is 415 g/mol. The van der Waals surface area contributed by atoms with Gasteiger partial charge in [0.15, 0.2) is 0 Å². The predicted octanol–water partition coefficient (Wildman–Crippen LogP) is 3.82. The normalized spacial score (nSPS) is 14.7. The summed E-state index contributed by atoms with van der Waals surface area (Å²) in [6.07, 6.45) is 5.92. The number of pyridine rings is 1. The van der Waals surface area contributed by atoms with Crippen LogP contribution >= 0.6 is 15.9 Å². The zero-order valence-electron chi connectivity index (χ0n) is 15.0. The number of carbonyl (C=O) groups excluding carboxylic acids is 1. The van der Waals surface area contributed by atoms with Crippen molar-refractivity contribution in [3.8, 4) is 6.07 Å². The minimum atomic E-state index is -0.302. The maximum absolute atomic E-state index is 13.1. The third-order valence-electron chi connectivity index (χ3n) is 5.03.